The molecular formula is C35H52O5P2. The Morgan fingerprint density at radius 1 is 0.500 bits per heavy atom. The van der Waals surface area contributed by atoms with Gasteiger partial charge in [0.05, 0.1) is 5.41 Å². The Bertz CT molecular complexity index is 1260. The standard InChI is InChI=1S/C35H52O5P2/c1-21-17-23(29(3,4)5)27(24(18-21)30(6,7)8)34(33(15,16)35-37-41(36-34)40-42(38-35)39-35)28-25(31(9,10)11)19-22(2)20-26(28)32(12,13)14/h17-20H,1-16H3. The predicted molar refractivity (Wildman–Crippen MR) is 174 cm³/mol. The van der Waals surface area contributed by atoms with E-state index in [2.05, 4.69) is 135 Å². The van der Waals surface area contributed by atoms with Gasteiger partial charge in [-0.05, 0) is 82.7 Å². The summed E-state index contributed by atoms with van der Waals surface area (Å²) < 4.78 is 33.0. The van der Waals surface area contributed by atoms with Crippen LogP contribution in [0.3, 0.4) is 0 Å². The van der Waals surface area contributed by atoms with Crippen LogP contribution in [-0.4, -0.2) is 5.97 Å². The molecule has 1 unspecified atom stereocenters. The zero-order valence-corrected chi connectivity index (χ0v) is 30.5. The third-order valence-corrected chi connectivity index (χ3v) is 11.7. The van der Waals surface area contributed by atoms with E-state index in [-0.39, 0.29) is 21.7 Å². The molecule has 0 radical (unpaired) electrons. The lowest BCUT2D eigenvalue weighted by Gasteiger charge is -2.66. The summed E-state index contributed by atoms with van der Waals surface area (Å²) in [7, 11) is -3.22. The molecule has 2 aromatic carbocycles. The van der Waals surface area contributed by atoms with E-state index in [0.717, 1.165) is 0 Å². The van der Waals surface area contributed by atoms with E-state index >= 15 is 0 Å². The van der Waals surface area contributed by atoms with E-state index in [9.17, 15) is 0 Å². The van der Waals surface area contributed by atoms with Crippen molar-refractivity contribution in [2.45, 2.75) is 144 Å². The largest absolute Gasteiger partial charge is 0.349 e. The lowest BCUT2D eigenvalue weighted by atomic mass is 9.56. The first-order valence-electron chi connectivity index (χ1n) is 15.2. The highest BCUT2D eigenvalue weighted by atomic mass is 31.2. The fourth-order valence-electron chi connectivity index (χ4n) is 6.80. The number of hydrogen-bond donors (Lipinski definition) is 0. The van der Waals surface area contributed by atoms with Gasteiger partial charge >= 0.3 is 23.2 Å². The topological polar surface area (TPSA) is 46.2 Å². The van der Waals surface area contributed by atoms with Crippen molar-refractivity contribution in [3.63, 3.8) is 0 Å². The molecule has 4 aliphatic rings. The molecule has 0 N–H and O–H groups in total. The second kappa shape index (κ2) is 9.56. The average Bonchev–Trinajstić information content (AvgIpc) is 2.78. The maximum Gasteiger partial charge on any atom is 0.349 e. The predicted octanol–water partition coefficient (Wildman–Crippen LogP) is 11.0. The minimum absolute atomic E-state index is 0.185. The van der Waals surface area contributed by atoms with Crippen molar-refractivity contribution in [2.24, 2.45) is 5.41 Å². The van der Waals surface area contributed by atoms with E-state index in [4.69, 9.17) is 22.4 Å². The molecule has 5 nitrogen and oxygen atoms in total. The summed E-state index contributed by atoms with van der Waals surface area (Å²) in [6.45, 7) is 36.5. The second-order valence-corrected chi connectivity index (χ2v) is 19.5. The Kier molecular flexibility index (Phi) is 7.39. The molecule has 42 heavy (non-hydrogen) atoms. The monoisotopic (exact) mass is 614 g/mol. The highest BCUT2D eigenvalue weighted by Crippen LogP contribution is 2.85. The molecule has 4 heterocycles. The number of hydrogen-bond acceptors (Lipinski definition) is 5. The summed E-state index contributed by atoms with van der Waals surface area (Å²) in [5, 5.41) is 0. The van der Waals surface area contributed by atoms with Crippen molar-refractivity contribution >= 4 is 17.2 Å². The van der Waals surface area contributed by atoms with Crippen molar-refractivity contribution in [1.29, 1.82) is 0 Å². The van der Waals surface area contributed by atoms with Gasteiger partial charge in [-0.15, -0.1) is 0 Å². The summed E-state index contributed by atoms with van der Waals surface area (Å²) in [4.78, 5) is 0. The lowest BCUT2D eigenvalue weighted by molar-refractivity contribution is -0.424. The summed E-state index contributed by atoms with van der Waals surface area (Å²) in [5.41, 5.74) is 7.30. The van der Waals surface area contributed by atoms with Gasteiger partial charge in [-0.2, -0.15) is 0 Å². The van der Waals surface area contributed by atoms with Crippen molar-refractivity contribution in [3.8, 4) is 0 Å². The molecule has 232 valence electrons. The highest BCUT2D eigenvalue weighted by molar-refractivity contribution is 7.57. The van der Waals surface area contributed by atoms with Crippen molar-refractivity contribution in [3.05, 3.63) is 68.8 Å². The fraction of sp³-hybridized carbons (Fsp3) is 0.657. The molecule has 4 saturated heterocycles. The zero-order chi connectivity index (χ0) is 31.6. The summed E-state index contributed by atoms with van der Waals surface area (Å²) in [6.07, 6.45) is 0. The Hall–Kier alpha value is -0.900. The van der Waals surface area contributed by atoms with Gasteiger partial charge in [-0.25, -0.2) is 4.31 Å². The molecule has 0 aromatic heterocycles. The molecule has 1 spiro atoms. The molecule has 2 aromatic rings. The average molecular weight is 615 g/mol. The summed E-state index contributed by atoms with van der Waals surface area (Å²) in [5.74, 6) is -1.27. The molecule has 4 aliphatic heterocycles. The first-order chi connectivity index (χ1) is 18.8. The van der Waals surface area contributed by atoms with Gasteiger partial charge in [0.2, 0.25) is 0 Å². The number of benzene rings is 2. The van der Waals surface area contributed by atoms with Gasteiger partial charge in [0.25, 0.3) is 0 Å². The van der Waals surface area contributed by atoms with E-state index < -0.39 is 34.2 Å². The molecule has 0 saturated carbocycles. The summed E-state index contributed by atoms with van der Waals surface area (Å²) >= 11 is 0. The lowest BCUT2D eigenvalue weighted by Crippen LogP contribution is -2.69. The van der Waals surface area contributed by atoms with Crippen LogP contribution >= 0.6 is 17.2 Å². The first-order valence-corrected chi connectivity index (χ1v) is 17.4. The zero-order valence-electron chi connectivity index (χ0n) is 28.7. The minimum Gasteiger partial charge on any atom is -0.294 e. The molecule has 6 rings (SSSR count). The van der Waals surface area contributed by atoms with Gasteiger partial charge in [0.1, 0.15) is 5.60 Å². The fourth-order valence-corrected chi connectivity index (χ4v) is 9.99. The molecule has 0 aliphatic carbocycles. The van der Waals surface area contributed by atoms with Crippen LogP contribution in [-0.2, 0) is 49.7 Å². The SMILES string of the molecule is Cc1cc(C(C)(C)C)c(C2(c3c(C(C)(C)C)cc(C)cc3C(C)(C)C)OP3OP4OC(O4)(O3)C2(C)C)c(C(C)(C)C)c1. The third-order valence-electron chi connectivity index (χ3n) is 9.08. The quantitative estimate of drug-likeness (QED) is 0.315. The molecule has 1 atom stereocenters. The van der Waals surface area contributed by atoms with Crippen LogP contribution in [0.15, 0.2) is 24.3 Å². The molecule has 4 fully saturated rings. The highest BCUT2D eigenvalue weighted by Gasteiger charge is 2.79. The molecule has 3 bridgehead atoms. The second-order valence-electron chi connectivity index (χ2n) is 17.2. The minimum atomic E-state index is -1.74. The van der Waals surface area contributed by atoms with Crippen LogP contribution < -0.4 is 0 Å². The van der Waals surface area contributed by atoms with Crippen LogP contribution in [0.1, 0.15) is 141 Å². The van der Waals surface area contributed by atoms with Crippen LogP contribution in [0.2, 0.25) is 0 Å². The normalized spacial score (nSPS) is 27.0. The Balaban J connectivity index is 2.11. The Morgan fingerprint density at radius 3 is 1.07 bits per heavy atom. The maximum atomic E-state index is 7.53. The van der Waals surface area contributed by atoms with Gasteiger partial charge in [-0.1, -0.05) is 118 Å². The summed E-state index contributed by atoms with van der Waals surface area (Å²) in [6, 6.07) is 9.44. The number of aryl methyl sites for hydroxylation is 2. The van der Waals surface area contributed by atoms with Crippen molar-refractivity contribution in [2.75, 3.05) is 0 Å². The van der Waals surface area contributed by atoms with Crippen molar-refractivity contribution < 1.29 is 22.4 Å². The van der Waals surface area contributed by atoms with E-state index in [1.165, 1.54) is 44.5 Å². The third kappa shape index (κ3) is 4.77. The van der Waals surface area contributed by atoms with Crippen LogP contribution in [0.5, 0.6) is 0 Å². The van der Waals surface area contributed by atoms with Gasteiger partial charge in [-0.3, -0.25) is 18.1 Å². The van der Waals surface area contributed by atoms with Crippen LogP contribution in [0, 0.1) is 19.3 Å². The maximum absolute atomic E-state index is 7.53. The Morgan fingerprint density at radius 2 is 0.786 bits per heavy atom. The molecule has 7 heteroatoms. The van der Waals surface area contributed by atoms with Gasteiger partial charge in [0.15, 0.2) is 0 Å². The van der Waals surface area contributed by atoms with Gasteiger partial charge < -0.3 is 0 Å². The molecular weight excluding hydrogens is 562 g/mol. The van der Waals surface area contributed by atoms with Crippen LogP contribution in [0.25, 0.3) is 0 Å². The van der Waals surface area contributed by atoms with E-state index in [0.29, 0.717) is 0 Å². The van der Waals surface area contributed by atoms with Crippen LogP contribution in [0.4, 0.5) is 0 Å². The smallest absolute Gasteiger partial charge is 0.294 e. The number of rotatable bonds is 2. The first kappa shape index (κ1) is 32.5. The van der Waals surface area contributed by atoms with Crippen molar-refractivity contribution in [1.82, 2.24) is 0 Å². The Labute approximate surface area is 257 Å². The molecule has 0 amide bonds. The van der Waals surface area contributed by atoms with E-state index in [1.807, 2.05) is 0 Å². The van der Waals surface area contributed by atoms with E-state index in [1.54, 1.807) is 0 Å². The van der Waals surface area contributed by atoms with Gasteiger partial charge in [0, 0.05) is 0 Å².